The van der Waals surface area contributed by atoms with Crippen LogP contribution >= 0.6 is 11.6 Å². The highest BCUT2D eigenvalue weighted by Gasteiger charge is 2.10. The minimum atomic E-state index is -0.175. The molecule has 3 N–H and O–H groups in total. The number of nitrogens with one attached hydrogen (secondary N) is 1. The Kier molecular flexibility index (Phi) is 3.25. The molecule has 0 aliphatic carbocycles. The molecule has 0 aliphatic heterocycles. The zero-order valence-corrected chi connectivity index (χ0v) is 10.8. The summed E-state index contributed by atoms with van der Waals surface area (Å²) in [6.45, 7) is 1.80. The number of hydrogen-bond acceptors (Lipinski definition) is 3. The van der Waals surface area contributed by atoms with Gasteiger partial charge >= 0.3 is 0 Å². The van der Waals surface area contributed by atoms with Crippen molar-refractivity contribution in [2.45, 2.75) is 6.92 Å². The van der Waals surface area contributed by atoms with Crippen LogP contribution in [0.3, 0.4) is 0 Å². The first-order chi connectivity index (χ1) is 8.52. The van der Waals surface area contributed by atoms with Gasteiger partial charge in [0.1, 0.15) is 0 Å². The van der Waals surface area contributed by atoms with Crippen molar-refractivity contribution >= 4 is 23.2 Å². The Hall–Kier alpha value is -2.01. The minimum absolute atomic E-state index is 0.175. The Bertz CT molecular complexity index is 587. The zero-order valence-electron chi connectivity index (χ0n) is 10.1. The second-order valence-electron chi connectivity index (χ2n) is 3.86. The number of carbonyl (C=O) groups excluding carboxylic acids is 1. The molecule has 1 aromatic carbocycles. The van der Waals surface area contributed by atoms with Gasteiger partial charge in [-0.25, -0.2) is 4.68 Å². The number of benzene rings is 1. The summed E-state index contributed by atoms with van der Waals surface area (Å²) in [5, 5.41) is 7.36. The molecule has 0 saturated heterocycles. The van der Waals surface area contributed by atoms with E-state index in [0.717, 1.165) is 0 Å². The predicted molar refractivity (Wildman–Crippen MR) is 71.1 cm³/mol. The number of aromatic nitrogens is 2. The van der Waals surface area contributed by atoms with Crippen molar-refractivity contribution in [3.8, 4) is 5.69 Å². The molecule has 0 saturated carbocycles. The van der Waals surface area contributed by atoms with Gasteiger partial charge in [-0.15, -0.1) is 0 Å². The summed E-state index contributed by atoms with van der Waals surface area (Å²) in [6.07, 6.45) is 1.66. The van der Waals surface area contributed by atoms with E-state index < -0.39 is 0 Å². The van der Waals surface area contributed by atoms with Gasteiger partial charge < -0.3 is 11.1 Å². The maximum absolute atomic E-state index is 11.6. The summed E-state index contributed by atoms with van der Waals surface area (Å²) in [6, 6.07) is 5.01. The lowest BCUT2D eigenvalue weighted by Crippen LogP contribution is -2.18. The van der Waals surface area contributed by atoms with E-state index in [9.17, 15) is 4.79 Å². The molecule has 2 aromatic rings. The molecule has 0 atom stereocenters. The summed E-state index contributed by atoms with van der Waals surface area (Å²) >= 11 is 5.96. The average Bonchev–Trinajstić information content (AvgIpc) is 2.69. The molecule has 6 heteroatoms. The first-order valence-corrected chi connectivity index (χ1v) is 5.74. The number of amides is 1. The number of halogens is 1. The van der Waals surface area contributed by atoms with Gasteiger partial charge in [-0.3, -0.25) is 4.79 Å². The molecule has 1 heterocycles. The van der Waals surface area contributed by atoms with Gasteiger partial charge in [-0.2, -0.15) is 5.10 Å². The van der Waals surface area contributed by atoms with Crippen molar-refractivity contribution < 1.29 is 4.79 Å². The SMILES string of the molecule is CNC(=O)c1ccc(N)c(-n2cc(Cl)c(C)n2)c1. The lowest BCUT2D eigenvalue weighted by Gasteiger charge is -2.08. The first-order valence-electron chi connectivity index (χ1n) is 5.36. The third kappa shape index (κ3) is 2.17. The lowest BCUT2D eigenvalue weighted by molar-refractivity contribution is 0.0963. The first kappa shape index (κ1) is 12.4. The fourth-order valence-corrected chi connectivity index (χ4v) is 1.72. The highest BCUT2D eigenvalue weighted by molar-refractivity contribution is 6.31. The Balaban J connectivity index is 2.52. The second-order valence-corrected chi connectivity index (χ2v) is 4.27. The van der Waals surface area contributed by atoms with Crippen molar-refractivity contribution in [2.24, 2.45) is 0 Å². The Morgan fingerprint density at radius 1 is 1.50 bits per heavy atom. The molecule has 0 aliphatic rings. The molecule has 1 aromatic heterocycles. The summed E-state index contributed by atoms with van der Waals surface area (Å²) in [5.41, 5.74) is 8.28. The highest BCUT2D eigenvalue weighted by Crippen LogP contribution is 2.22. The molecule has 5 nitrogen and oxygen atoms in total. The molecule has 0 unspecified atom stereocenters. The van der Waals surface area contributed by atoms with Gasteiger partial charge in [0, 0.05) is 18.8 Å². The van der Waals surface area contributed by atoms with Crippen molar-refractivity contribution in [1.82, 2.24) is 15.1 Å². The normalized spacial score (nSPS) is 10.4. The van der Waals surface area contributed by atoms with Crippen LogP contribution in [-0.4, -0.2) is 22.7 Å². The van der Waals surface area contributed by atoms with Crippen LogP contribution in [0.15, 0.2) is 24.4 Å². The lowest BCUT2D eigenvalue weighted by atomic mass is 10.1. The fraction of sp³-hybridized carbons (Fsp3) is 0.167. The number of rotatable bonds is 2. The number of nitrogen functional groups attached to an aromatic ring is 1. The monoisotopic (exact) mass is 264 g/mol. The predicted octanol–water partition coefficient (Wildman–Crippen LogP) is 1.78. The average molecular weight is 265 g/mol. The van der Waals surface area contributed by atoms with E-state index in [0.29, 0.717) is 27.7 Å². The van der Waals surface area contributed by atoms with E-state index >= 15 is 0 Å². The topological polar surface area (TPSA) is 72.9 Å². The summed E-state index contributed by atoms with van der Waals surface area (Å²) in [4.78, 5) is 11.6. The summed E-state index contributed by atoms with van der Waals surface area (Å²) < 4.78 is 1.57. The van der Waals surface area contributed by atoms with E-state index in [-0.39, 0.29) is 5.91 Å². The third-order valence-electron chi connectivity index (χ3n) is 2.61. The maximum Gasteiger partial charge on any atom is 0.251 e. The largest absolute Gasteiger partial charge is 0.397 e. The molecular weight excluding hydrogens is 252 g/mol. The van der Waals surface area contributed by atoms with E-state index in [1.54, 1.807) is 43.0 Å². The van der Waals surface area contributed by atoms with Gasteiger partial charge in [0.2, 0.25) is 0 Å². The van der Waals surface area contributed by atoms with Crippen LogP contribution in [0.4, 0.5) is 5.69 Å². The fourth-order valence-electron chi connectivity index (χ4n) is 1.59. The third-order valence-corrected chi connectivity index (χ3v) is 2.98. The standard InChI is InChI=1S/C12H13ClN4O/c1-7-9(13)6-17(16-7)11-5-8(12(18)15-2)3-4-10(11)14/h3-6H,14H2,1-2H3,(H,15,18). The molecule has 18 heavy (non-hydrogen) atoms. The summed E-state index contributed by atoms with van der Waals surface area (Å²) in [7, 11) is 1.58. The van der Waals surface area contributed by atoms with Crippen LogP contribution in [0.5, 0.6) is 0 Å². The van der Waals surface area contributed by atoms with Gasteiger partial charge in [0.15, 0.2) is 0 Å². The van der Waals surface area contributed by atoms with Crippen LogP contribution in [0, 0.1) is 6.92 Å². The van der Waals surface area contributed by atoms with Gasteiger partial charge in [-0.05, 0) is 25.1 Å². The van der Waals surface area contributed by atoms with Gasteiger partial charge in [0.25, 0.3) is 5.91 Å². The molecule has 0 radical (unpaired) electrons. The number of carbonyl (C=O) groups is 1. The quantitative estimate of drug-likeness (QED) is 0.812. The molecular formula is C12H13ClN4O. The van der Waals surface area contributed by atoms with Crippen LogP contribution in [0.2, 0.25) is 5.02 Å². The van der Waals surface area contributed by atoms with Crippen molar-refractivity contribution in [1.29, 1.82) is 0 Å². The van der Waals surface area contributed by atoms with Gasteiger partial charge in [0.05, 0.1) is 22.1 Å². The molecule has 94 valence electrons. The minimum Gasteiger partial charge on any atom is -0.397 e. The molecule has 1 amide bonds. The Morgan fingerprint density at radius 3 is 2.78 bits per heavy atom. The Labute approximate surface area is 110 Å². The van der Waals surface area contributed by atoms with E-state index in [4.69, 9.17) is 17.3 Å². The molecule has 0 fully saturated rings. The number of nitrogens with two attached hydrogens (primary N) is 1. The number of hydrogen-bond donors (Lipinski definition) is 2. The van der Waals surface area contributed by atoms with Crippen molar-refractivity contribution in [2.75, 3.05) is 12.8 Å². The zero-order chi connectivity index (χ0) is 13.3. The van der Waals surface area contributed by atoms with Crippen LogP contribution < -0.4 is 11.1 Å². The molecule has 0 spiro atoms. The molecule has 0 bridgehead atoms. The van der Waals surface area contributed by atoms with Crippen LogP contribution in [-0.2, 0) is 0 Å². The van der Waals surface area contributed by atoms with Gasteiger partial charge in [-0.1, -0.05) is 11.6 Å². The van der Waals surface area contributed by atoms with E-state index in [2.05, 4.69) is 10.4 Å². The molecule has 2 rings (SSSR count). The Morgan fingerprint density at radius 2 is 2.22 bits per heavy atom. The number of aryl methyl sites for hydroxylation is 1. The number of anilines is 1. The highest BCUT2D eigenvalue weighted by atomic mass is 35.5. The van der Waals surface area contributed by atoms with Crippen molar-refractivity contribution in [3.63, 3.8) is 0 Å². The number of nitrogens with zero attached hydrogens (tertiary/aromatic N) is 2. The smallest absolute Gasteiger partial charge is 0.251 e. The van der Waals surface area contributed by atoms with Crippen LogP contribution in [0.1, 0.15) is 16.1 Å². The van der Waals surface area contributed by atoms with Crippen molar-refractivity contribution in [3.05, 3.63) is 40.7 Å². The van der Waals surface area contributed by atoms with Crippen LogP contribution in [0.25, 0.3) is 5.69 Å². The van der Waals surface area contributed by atoms with E-state index in [1.165, 1.54) is 0 Å². The second kappa shape index (κ2) is 4.70. The van der Waals surface area contributed by atoms with E-state index in [1.807, 2.05) is 0 Å². The summed E-state index contributed by atoms with van der Waals surface area (Å²) in [5.74, 6) is -0.175. The maximum atomic E-state index is 11.6.